The molecule has 1 saturated carbocycles. The number of nitrogens with one attached hydrogen (secondary N) is 1. The largest absolute Gasteiger partial charge is 0.354 e. The van der Waals surface area contributed by atoms with Crippen molar-refractivity contribution in [3.63, 3.8) is 0 Å². The summed E-state index contributed by atoms with van der Waals surface area (Å²) in [5.74, 6) is 0. The van der Waals surface area contributed by atoms with Gasteiger partial charge in [0.1, 0.15) is 0 Å². The zero-order valence-corrected chi connectivity index (χ0v) is 21.3. The lowest BCUT2D eigenvalue weighted by Crippen LogP contribution is -2.20. The summed E-state index contributed by atoms with van der Waals surface area (Å²) < 4.78 is 2.50. The molecule has 6 rings (SSSR count). The van der Waals surface area contributed by atoms with Crippen molar-refractivity contribution in [2.24, 2.45) is 4.99 Å². The molecule has 0 aromatic heterocycles. The highest BCUT2D eigenvalue weighted by Gasteiger charge is 2.22. The Hall–Kier alpha value is -3.34. The van der Waals surface area contributed by atoms with Gasteiger partial charge in [-0.05, 0) is 85.6 Å². The molecular formula is C30H26Cl2N4. The molecule has 36 heavy (non-hydrogen) atoms. The molecule has 6 heteroatoms. The summed E-state index contributed by atoms with van der Waals surface area (Å²) in [6.07, 6.45) is 6.19. The fraction of sp³-hybridized carbons (Fsp3) is 0.200. The molecule has 1 heterocycles. The third-order valence-corrected chi connectivity index (χ3v) is 7.38. The van der Waals surface area contributed by atoms with Crippen LogP contribution in [0.15, 0.2) is 89.9 Å². The van der Waals surface area contributed by atoms with Crippen LogP contribution in [0.4, 0.5) is 17.1 Å². The highest BCUT2D eigenvalue weighted by atomic mass is 35.5. The molecule has 4 nitrogen and oxygen atoms in total. The zero-order chi connectivity index (χ0) is 24.5. The van der Waals surface area contributed by atoms with E-state index in [2.05, 4.69) is 46.3 Å². The first kappa shape index (κ1) is 23.1. The van der Waals surface area contributed by atoms with Crippen molar-refractivity contribution in [3.05, 3.63) is 100 Å². The van der Waals surface area contributed by atoms with E-state index >= 15 is 0 Å². The number of anilines is 2. The summed E-state index contributed by atoms with van der Waals surface area (Å²) in [7, 11) is 0. The van der Waals surface area contributed by atoms with E-state index in [0.717, 1.165) is 39.3 Å². The van der Waals surface area contributed by atoms with Crippen LogP contribution in [0, 0.1) is 0 Å². The number of halogens is 2. The number of hydrogen-bond acceptors (Lipinski definition) is 3. The summed E-state index contributed by atoms with van der Waals surface area (Å²) in [5, 5.41) is 5.78. The summed E-state index contributed by atoms with van der Waals surface area (Å²) in [4.78, 5) is 10.1. The number of benzene rings is 4. The Morgan fingerprint density at radius 3 is 2.25 bits per heavy atom. The van der Waals surface area contributed by atoms with E-state index in [-0.39, 0.29) is 0 Å². The van der Waals surface area contributed by atoms with Crippen LogP contribution in [0.25, 0.3) is 22.4 Å². The number of aromatic nitrogens is 2. The maximum Gasteiger partial charge on any atom is 0.0897 e. The molecule has 1 N–H and O–H groups in total. The molecule has 3 aromatic rings. The summed E-state index contributed by atoms with van der Waals surface area (Å²) in [6, 6.07) is 28.5. The van der Waals surface area contributed by atoms with Crippen molar-refractivity contribution in [2.45, 2.75) is 38.1 Å². The predicted octanol–water partition coefficient (Wildman–Crippen LogP) is 8.93. The van der Waals surface area contributed by atoms with Crippen molar-refractivity contribution in [1.82, 2.24) is 9.55 Å². The fourth-order valence-electron chi connectivity index (χ4n) is 5.14. The van der Waals surface area contributed by atoms with Gasteiger partial charge < -0.3 is 9.88 Å². The second-order valence-electron chi connectivity index (χ2n) is 9.34. The van der Waals surface area contributed by atoms with Crippen LogP contribution in [0.5, 0.6) is 0 Å². The van der Waals surface area contributed by atoms with Gasteiger partial charge in [-0.25, -0.2) is 9.98 Å². The third-order valence-electron chi connectivity index (χ3n) is 6.87. The molecule has 0 saturated heterocycles. The van der Waals surface area contributed by atoms with Crippen molar-refractivity contribution in [1.29, 1.82) is 0 Å². The number of rotatable bonds is 4. The third kappa shape index (κ3) is 4.71. The Bertz CT molecular complexity index is 1550. The molecule has 1 aliphatic heterocycles. The Balaban J connectivity index is 1.60. The Morgan fingerprint density at radius 1 is 0.806 bits per heavy atom. The van der Waals surface area contributed by atoms with Gasteiger partial charge >= 0.3 is 0 Å². The van der Waals surface area contributed by atoms with Gasteiger partial charge in [-0.1, -0.05) is 54.6 Å². The van der Waals surface area contributed by atoms with Crippen molar-refractivity contribution >= 4 is 51.3 Å². The van der Waals surface area contributed by atoms with Crippen LogP contribution in [-0.4, -0.2) is 9.55 Å². The van der Waals surface area contributed by atoms with E-state index in [9.17, 15) is 0 Å². The second kappa shape index (κ2) is 9.96. The van der Waals surface area contributed by atoms with Gasteiger partial charge in [0.25, 0.3) is 0 Å². The summed E-state index contributed by atoms with van der Waals surface area (Å²) in [5.41, 5.74) is 6.91. The molecule has 2 aliphatic carbocycles. The normalized spacial score (nSPS) is 15.0. The molecule has 0 radical (unpaired) electrons. The molecule has 3 aromatic carbocycles. The smallest absolute Gasteiger partial charge is 0.0897 e. The zero-order valence-electron chi connectivity index (χ0n) is 19.8. The van der Waals surface area contributed by atoms with E-state index in [1.54, 1.807) is 0 Å². The van der Waals surface area contributed by atoms with Gasteiger partial charge in [0.05, 0.1) is 39.2 Å². The Morgan fingerprint density at radius 2 is 1.50 bits per heavy atom. The SMILES string of the molecule is Clc1ccc(N=c2cc3n(C4CCCCC4)c4ccccc4nc-3cc2Nc2ccc(Cl)cc2)cc1. The van der Waals surface area contributed by atoms with Crippen LogP contribution in [0.3, 0.4) is 0 Å². The van der Waals surface area contributed by atoms with E-state index < -0.39 is 0 Å². The van der Waals surface area contributed by atoms with Gasteiger partial charge in [-0.3, -0.25) is 0 Å². The minimum absolute atomic E-state index is 0.451. The predicted molar refractivity (Wildman–Crippen MR) is 150 cm³/mol. The first-order valence-electron chi connectivity index (χ1n) is 12.4. The minimum atomic E-state index is 0.451. The van der Waals surface area contributed by atoms with Crippen molar-refractivity contribution in [2.75, 3.05) is 5.32 Å². The molecule has 0 bridgehead atoms. The molecule has 0 amide bonds. The topological polar surface area (TPSA) is 42.2 Å². The lowest BCUT2D eigenvalue weighted by molar-refractivity contribution is 0.361. The highest BCUT2D eigenvalue weighted by Crippen LogP contribution is 2.36. The number of para-hydroxylation sites is 2. The fourth-order valence-corrected chi connectivity index (χ4v) is 5.39. The van der Waals surface area contributed by atoms with Crippen LogP contribution in [0.2, 0.25) is 10.0 Å². The Kier molecular flexibility index (Phi) is 6.39. The van der Waals surface area contributed by atoms with E-state index in [1.165, 1.54) is 37.6 Å². The quantitative estimate of drug-likeness (QED) is 0.244. The van der Waals surface area contributed by atoms with Crippen LogP contribution in [-0.2, 0) is 0 Å². The standard InChI is InChI=1S/C30H26Cl2N4/c31-20-10-14-22(15-11-20)33-26-18-28-30(19-27(26)34-23-16-12-21(32)13-17-23)36(24-6-2-1-3-7-24)29-9-5-4-8-25(29)35-28/h4-5,8-19,24,33H,1-3,6-7H2. The molecule has 3 aliphatic rings. The number of fused-ring (bicyclic) bond motifs is 2. The van der Waals surface area contributed by atoms with Crippen LogP contribution < -0.4 is 10.7 Å². The van der Waals surface area contributed by atoms with Crippen LogP contribution >= 0.6 is 23.2 Å². The number of hydrogen-bond donors (Lipinski definition) is 1. The van der Waals surface area contributed by atoms with Crippen molar-refractivity contribution in [3.8, 4) is 11.4 Å². The van der Waals surface area contributed by atoms with E-state index in [4.69, 9.17) is 33.2 Å². The summed E-state index contributed by atoms with van der Waals surface area (Å²) >= 11 is 12.3. The molecule has 180 valence electrons. The average molecular weight is 513 g/mol. The molecule has 1 fully saturated rings. The minimum Gasteiger partial charge on any atom is -0.354 e. The maximum absolute atomic E-state index is 6.13. The lowest BCUT2D eigenvalue weighted by Gasteiger charge is -2.30. The Labute approximate surface area is 220 Å². The average Bonchev–Trinajstić information content (AvgIpc) is 2.91. The highest BCUT2D eigenvalue weighted by molar-refractivity contribution is 6.30. The molecule has 0 unspecified atom stereocenters. The first-order chi connectivity index (χ1) is 17.6. The van der Waals surface area contributed by atoms with Gasteiger partial charge in [0.2, 0.25) is 0 Å². The van der Waals surface area contributed by atoms with Gasteiger partial charge in [0.15, 0.2) is 0 Å². The molecule has 0 spiro atoms. The monoisotopic (exact) mass is 512 g/mol. The first-order valence-corrected chi connectivity index (χ1v) is 13.2. The molecular weight excluding hydrogens is 487 g/mol. The van der Waals surface area contributed by atoms with Gasteiger partial charge in [-0.15, -0.1) is 0 Å². The second-order valence-corrected chi connectivity index (χ2v) is 10.2. The lowest BCUT2D eigenvalue weighted by atomic mass is 9.94. The van der Waals surface area contributed by atoms with Gasteiger partial charge in [0, 0.05) is 21.8 Å². The summed E-state index contributed by atoms with van der Waals surface area (Å²) in [6.45, 7) is 0. The van der Waals surface area contributed by atoms with E-state index in [1.807, 2.05) is 48.5 Å². The van der Waals surface area contributed by atoms with E-state index in [0.29, 0.717) is 16.1 Å². The maximum atomic E-state index is 6.13. The molecule has 0 atom stereocenters. The van der Waals surface area contributed by atoms with Crippen LogP contribution in [0.1, 0.15) is 38.1 Å². The van der Waals surface area contributed by atoms with Crippen molar-refractivity contribution < 1.29 is 0 Å². The number of nitrogens with zero attached hydrogens (tertiary/aromatic N) is 3. The van der Waals surface area contributed by atoms with Gasteiger partial charge in [-0.2, -0.15) is 0 Å².